The van der Waals surface area contributed by atoms with Crippen LogP contribution in [0, 0.1) is 39.9 Å². The fourth-order valence-electron chi connectivity index (χ4n) is 0.989. The van der Waals surface area contributed by atoms with Gasteiger partial charge in [0.2, 0.25) is 0 Å². The number of carbonyl (C=O) groups excluding carboxylic acids is 3. The van der Waals surface area contributed by atoms with Gasteiger partial charge in [0.15, 0.2) is 0 Å². The largest absolute Gasteiger partial charge is 0.478 e. The molecule has 0 saturated carbocycles. The average Bonchev–Trinajstić information content (AvgIpc) is 2.65. The molecule has 13 heteroatoms. The van der Waals surface area contributed by atoms with Crippen LogP contribution in [0.15, 0.2) is 36.5 Å². The van der Waals surface area contributed by atoms with Crippen LogP contribution in [0.25, 0.3) is 0 Å². The second-order valence-corrected chi connectivity index (χ2v) is 4.27. The van der Waals surface area contributed by atoms with Crippen LogP contribution in [0.1, 0.15) is 20.8 Å². The third kappa shape index (κ3) is 38.6. The molecule has 0 aliphatic heterocycles. The molecule has 0 atom stereocenters. The van der Waals surface area contributed by atoms with Crippen LogP contribution >= 0.6 is 0 Å². The molecule has 0 unspecified atom stereocenters. The summed E-state index contributed by atoms with van der Waals surface area (Å²) < 4.78 is 13.2. The van der Waals surface area contributed by atoms with Crippen molar-refractivity contribution >= 4 is 35.8 Å². The van der Waals surface area contributed by atoms with Gasteiger partial charge in [-0.05, 0) is 20.8 Å². The van der Waals surface area contributed by atoms with Gasteiger partial charge in [0.05, 0.1) is 19.8 Å². The number of carboxylic acid groups (broad SMARTS) is 3. The van der Waals surface area contributed by atoms with Gasteiger partial charge in [-0.15, -0.1) is 0 Å². The van der Waals surface area contributed by atoms with Crippen molar-refractivity contribution in [3.8, 4) is 0 Å². The maximum absolute atomic E-state index is 10.4. The minimum Gasteiger partial charge on any atom is -0.478 e. The maximum Gasteiger partial charge on any atom is 0.330 e. The van der Waals surface area contributed by atoms with Crippen molar-refractivity contribution < 1.29 is 98.2 Å². The summed E-state index contributed by atoms with van der Waals surface area (Å²) in [6, 6.07) is 0. The van der Waals surface area contributed by atoms with Crippen molar-refractivity contribution in [1.29, 1.82) is 0 Å². The third-order valence-corrected chi connectivity index (χ3v) is 1.95. The summed E-state index contributed by atoms with van der Waals surface area (Å²) in [6.45, 7) is 5.69. The van der Waals surface area contributed by atoms with E-state index in [0.717, 1.165) is 36.5 Å². The summed E-state index contributed by atoms with van der Waals surface area (Å²) in [5, 5.41) is 24.1. The van der Waals surface area contributed by atoms with Crippen LogP contribution < -0.4 is 0 Å². The van der Waals surface area contributed by atoms with E-state index >= 15 is 0 Å². The van der Waals surface area contributed by atoms with Crippen LogP contribution in [0.2, 0.25) is 0 Å². The summed E-state index contributed by atoms with van der Waals surface area (Å²) in [4.78, 5) is 60.6. The Bertz CT molecular complexity index is 574. The zero-order chi connectivity index (χ0) is 23.9. The van der Waals surface area contributed by atoms with Crippen LogP contribution in [-0.4, -0.2) is 71.0 Å². The Morgan fingerprint density at radius 1 is 0.516 bits per heavy atom. The van der Waals surface area contributed by atoms with E-state index in [0.29, 0.717) is 0 Å². The van der Waals surface area contributed by atoms with E-state index < -0.39 is 35.8 Å². The van der Waals surface area contributed by atoms with E-state index in [1.807, 2.05) is 0 Å². The first-order valence-electron chi connectivity index (χ1n) is 8.23. The third-order valence-electron chi connectivity index (χ3n) is 1.95. The predicted octanol–water partition coefficient (Wildman–Crippen LogP) is 0.571. The van der Waals surface area contributed by atoms with Gasteiger partial charge in [0.25, 0.3) is 0 Å². The molecule has 0 fully saturated rings. The minimum atomic E-state index is -1.16. The summed E-state index contributed by atoms with van der Waals surface area (Å²) in [5.74, 6) is -5.38. The molecule has 0 aromatic heterocycles. The van der Waals surface area contributed by atoms with Crippen LogP contribution in [-0.2, 0) is 43.0 Å². The second kappa shape index (κ2) is 25.4. The summed E-state index contributed by atoms with van der Waals surface area (Å²) in [5.41, 5.74) is 0. The van der Waals surface area contributed by atoms with Crippen molar-refractivity contribution in [1.82, 2.24) is 0 Å². The molecular weight excluding hydrogens is 565 g/mol. The van der Waals surface area contributed by atoms with E-state index in [-0.39, 0.29) is 59.8 Å². The van der Waals surface area contributed by atoms with Crippen molar-refractivity contribution in [2.75, 3.05) is 19.8 Å². The van der Waals surface area contributed by atoms with Crippen molar-refractivity contribution in [2.45, 2.75) is 20.8 Å². The summed E-state index contributed by atoms with van der Waals surface area (Å²) in [7, 11) is 0. The molecule has 0 spiro atoms. The molecule has 0 amide bonds. The van der Waals surface area contributed by atoms with Crippen molar-refractivity contribution in [2.24, 2.45) is 0 Å². The monoisotopic (exact) mass is 590 g/mol. The quantitative estimate of drug-likeness (QED) is 0.193. The zero-order valence-corrected chi connectivity index (χ0v) is 19.2. The summed E-state index contributed by atoms with van der Waals surface area (Å²) in [6.07, 6.45) is 4.80. The Morgan fingerprint density at radius 3 is 0.839 bits per heavy atom. The number of carboxylic acids is 3. The Hall–Kier alpha value is -2.64. The van der Waals surface area contributed by atoms with E-state index in [9.17, 15) is 28.8 Å². The molecule has 3 N–H and O–H groups in total. The minimum absolute atomic E-state index is 0. The smallest absolute Gasteiger partial charge is 0.330 e. The first-order valence-corrected chi connectivity index (χ1v) is 8.23. The van der Waals surface area contributed by atoms with Gasteiger partial charge in [-0.2, -0.15) is 0 Å². The normalized spacial score (nSPS) is 9.39. The fourth-order valence-corrected chi connectivity index (χ4v) is 0.989. The second-order valence-electron chi connectivity index (χ2n) is 4.27. The molecule has 12 nitrogen and oxygen atoms in total. The first kappa shape index (κ1) is 35.8. The zero-order valence-electron chi connectivity index (χ0n) is 17.0. The van der Waals surface area contributed by atoms with E-state index in [2.05, 4.69) is 14.2 Å². The SMILES string of the molecule is CCOC(=O)/C=C\C(=O)O.CCOC(=O)/C=C\C(=O)O.CCOC(=O)/C=C\C(=O)O.[Gd]. The number of rotatable bonds is 9. The molecule has 0 aliphatic carbocycles. The molecule has 0 aliphatic rings. The van der Waals surface area contributed by atoms with Crippen LogP contribution in [0.3, 0.4) is 0 Å². The molecule has 176 valence electrons. The number of hydrogen-bond donors (Lipinski definition) is 3. The molecule has 0 aromatic rings. The molecular formula is C18H24GdO12. The number of esters is 3. The van der Waals surface area contributed by atoms with Gasteiger partial charge in [0.1, 0.15) is 0 Å². The van der Waals surface area contributed by atoms with E-state index in [4.69, 9.17) is 15.3 Å². The van der Waals surface area contributed by atoms with Gasteiger partial charge < -0.3 is 29.5 Å². The Labute approximate surface area is 210 Å². The topological polar surface area (TPSA) is 191 Å². The molecule has 0 rings (SSSR count). The van der Waals surface area contributed by atoms with Crippen LogP contribution in [0.5, 0.6) is 0 Å². The number of carbonyl (C=O) groups is 6. The maximum atomic E-state index is 10.4. The van der Waals surface area contributed by atoms with Crippen LogP contribution in [0.4, 0.5) is 0 Å². The number of hydrogen-bond acceptors (Lipinski definition) is 9. The fraction of sp³-hybridized carbons (Fsp3) is 0.333. The average molecular weight is 590 g/mol. The molecule has 0 aromatic carbocycles. The molecule has 0 saturated heterocycles. The number of aliphatic carboxylic acids is 3. The van der Waals surface area contributed by atoms with Gasteiger partial charge in [-0.25, -0.2) is 28.8 Å². The predicted molar refractivity (Wildman–Crippen MR) is 100 cm³/mol. The Kier molecular flexibility index (Phi) is 29.3. The molecule has 0 bridgehead atoms. The van der Waals surface area contributed by atoms with Gasteiger partial charge >= 0.3 is 35.8 Å². The Morgan fingerprint density at radius 2 is 0.710 bits per heavy atom. The van der Waals surface area contributed by atoms with Crippen molar-refractivity contribution in [3.05, 3.63) is 36.5 Å². The van der Waals surface area contributed by atoms with Gasteiger partial charge in [-0.3, -0.25) is 0 Å². The van der Waals surface area contributed by atoms with Gasteiger partial charge in [-0.1, -0.05) is 0 Å². The van der Waals surface area contributed by atoms with E-state index in [1.165, 1.54) is 0 Å². The van der Waals surface area contributed by atoms with E-state index in [1.54, 1.807) is 20.8 Å². The molecule has 31 heavy (non-hydrogen) atoms. The molecule has 0 radical (unpaired) electrons. The first-order chi connectivity index (χ1) is 14.0. The summed E-state index contributed by atoms with van der Waals surface area (Å²) >= 11 is 0. The van der Waals surface area contributed by atoms with Gasteiger partial charge in [0, 0.05) is 76.4 Å². The Balaban J connectivity index is -0.000000174. The molecule has 0 heterocycles. The van der Waals surface area contributed by atoms with Crippen molar-refractivity contribution in [3.63, 3.8) is 0 Å². The standard InChI is InChI=1S/3C6H8O4.Gd/c3*1-2-10-6(9)4-3-5(7)8;/h3*3-4H,2H2,1H3,(H,7,8);/b3*4-3-;. The number of ether oxygens (including phenoxy) is 3.